The first-order valence-electron chi connectivity index (χ1n) is 7.46. The van der Waals surface area contributed by atoms with Crippen LogP contribution in [0.25, 0.3) is 11.0 Å². The Morgan fingerprint density at radius 1 is 1.36 bits per heavy atom. The summed E-state index contributed by atoms with van der Waals surface area (Å²) in [5, 5.41) is 9.20. The fourth-order valence-electron chi connectivity index (χ4n) is 1.93. The van der Waals surface area contributed by atoms with E-state index >= 15 is 0 Å². The number of carboxylic acid groups (broad SMARTS) is 1. The Morgan fingerprint density at radius 3 is 2.64 bits per heavy atom. The summed E-state index contributed by atoms with van der Waals surface area (Å²) in [6, 6.07) is 4.91. The van der Waals surface area contributed by atoms with Gasteiger partial charge >= 0.3 is 5.97 Å². The van der Waals surface area contributed by atoms with Crippen LogP contribution in [0.5, 0.6) is 0 Å². The highest BCUT2D eigenvalue weighted by Gasteiger charge is 2.36. The molecule has 0 bridgehead atoms. The van der Waals surface area contributed by atoms with E-state index in [-0.39, 0.29) is 10.6 Å². The van der Waals surface area contributed by atoms with Gasteiger partial charge in [0.25, 0.3) is 0 Å². The van der Waals surface area contributed by atoms with Crippen molar-refractivity contribution in [3.05, 3.63) is 29.6 Å². The zero-order chi connectivity index (χ0) is 16.5. The first kappa shape index (κ1) is 16.7. The van der Waals surface area contributed by atoms with Gasteiger partial charge in [-0.15, -0.1) is 0 Å². The minimum Gasteiger partial charge on any atom is -0.478 e. The molecule has 1 aromatic carbocycles. The fourth-order valence-corrected chi connectivity index (χ4v) is 2.98. The average molecular weight is 320 g/mol. The van der Waals surface area contributed by atoms with Crippen molar-refractivity contribution in [1.82, 2.24) is 9.97 Å². The molecule has 2 rings (SSSR count). The van der Waals surface area contributed by atoms with Crippen molar-refractivity contribution in [2.75, 3.05) is 6.61 Å². The summed E-state index contributed by atoms with van der Waals surface area (Å²) in [6.45, 7) is 11.7. The van der Waals surface area contributed by atoms with Crippen molar-refractivity contribution in [3.63, 3.8) is 0 Å². The Kier molecular flexibility index (Phi) is 4.44. The topological polar surface area (TPSA) is 75.2 Å². The van der Waals surface area contributed by atoms with E-state index < -0.39 is 14.3 Å². The molecule has 2 aromatic rings. The van der Waals surface area contributed by atoms with Gasteiger partial charge < -0.3 is 14.5 Å². The molecule has 0 radical (unpaired) electrons. The summed E-state index contributed by atoms with van der Waals surface area (Å²) in [4.78, 5) is 18.6. The molecule has 0 spiro atoms. The molecule has 2 N–H and O–H groups in total. The van der Waals surface area contributed by atoms with Crippen molar-refractivity contribution in [1.29, 1.82) is 0 Å². The maximum Gasteiger partial charge on any atom is 0.335 e. The monoisotopic (exact) mass is 320 g/mol. The molecule has 0 aliphatic carbocycles. The summed E-state index contributed by atoms with van der Waals surface area (Å²) >= 11 is 0. The van der Waals surface area contributed by atoms with Gasteiger partial charge in [0.05, 0.1) is 16.6 Å². The van der Waals surface area contributed by atoms with Crippen LogP contribution in [0, 0.1) is 0 Å². The Balaban J connectivity index is 2.05. The number of hydrogen-bond acceptors (Lipinski definition) is 3. The van der Waals surface area contributed by atoms with Crippen LogP contribution in [-0.4, -0.2) is 36.0 Å². The van der Waals surface area contributed by atoms with Gasteiger partial charge in [0.15, 0.2) is 8.32 Å². The number of aromatic nitrogens is 2. The van der Waals surface area contributed by atoms with E-state index in [1.165, 1.54) is 0 Å². The number of rotatable bonds is 5. The smallest absolute Gasteiger partial charge is 0.335 e. The molecule has 1 heterocycles. The number of aromatic amines is 1. The van der Waals surface area contributed by atoms with E-state index in [1.54, 1.807) is 18.2 Å². The highest BCUT2D eigenvalue weighted by molar-refractivity contribution is 6.74. The van der Waals surface area contributed by atoms with Crippen molar-refractivity contribution in [3.8, 4) is 0 Å². The molecule has 0 fully saturated rings. The van der Waals surface area contributed by atoms with Gasteiger partial charge in [-0.3, -0.25) is 0 Å². The van der Waals surface area contributed by atoms with E-state index in [2.05, 4.69) is 43.8 Å². The first-order valence-corrected chi connectivity index (χ1v) is 10.4. The Hall–Kier alpha value is -1.66. The van der Waals surface area contributed by atoms with Gasteiger partial charge in [0.1, 0.15) is 5.82 Å². The van der Waals surface area contributed by atoms with Crippen molar-refractivity contribution < 1.29 is 14.3 Å². The number of benzene rings is 1. The summed E-state index contributed by atoms with van der Waals surface area (Å²) < 4.78 is 6.14. The Morgan fingerprint density at radius 2 is 2.05 bits per heavy atom. The lowest BCUT2D eigenvalue weighted by molar-refractivity contribution is 0.0697. The number of fused-ring (bicyclic) bond motifs is 1. The summed E-state index contributed by atoms with van der Waals surface area (Å²) in [5.74, 6) is -0.101. The average Bonchev–Trinajstić information content (AvgIpc) is 2.78. The molecular formula is C16H24N2O3Si. The van der Waals surface area contributed by atoms with E-state index in [9.17, 15) is 4.79 Å². The maximum absolute atomic E-state index is 11.0. The van der Waals surface area contributed by atoms with Crippen LogP contribution in [0.1, 0.15) is 37.0 Å². The van der Waals surface area contributed by atoms with Gasteiger partial charge in [0.2, 0.25) is 0 Å². The van der Waals surface area contributed by atoms with E-state index in [4.69, 9.17) is 9.53 Å². The third kappa shape index (κ3) is 3.56. The number of nitrogens with zero attached hydrogens (tertiary/aromatic N) is 1. The highest BCUT2D eigenvalue weighted by Crippen LogP contribution is 2.36. The van der Waals surface area contributed by atoms with Gasteiger partial charge in [-0.1, -0.05) is 20.8 Å². The van der Waals surface area contributed by atoms with Gasteiger partial charge in [-0.05, 0) is 36.3 Å². The number of hydrogen-bond donors (Lipinski definition) is 2. The first-order chi connectivity index (χ1) is 10.1. The Bertz CT molecular complexity index is 686. The lowest BCUT2D eigenvalue weighted by Gasteiger charge is -2.36. The molecule has 0 aliphatic rings. The van der Waals surface area contributed by atoms with Crippen LogP contribution < -0.4 is 0 Å². The van der Waals surface area contributed by atoms with E-state index in [0.29, 0.717) is 13.0 Å². The zero-order valence-electron chi connectivity index (χ0n) is 13.9. The molecule has 0 amide bonds. The lowest BCUT2D eigenvalue weighted by atomic mass is 10.2. The molecule has 6 heteroatoms. The molecule has 0 unspecified atom stereocenters. The lowest BCUT2D eigenvalue weighted by Crippen LogP contribution is -2.41. The second kappa shape index (κ2) is 5.85. The number of carboxylic acids is 1. The fraction of sp³-hybridized carbons (Fsp3) is 0.500. The predicted molar refractivity (Wildman–Crippen MR) is 89.9 cm³/mol. The standard InChI is InChI=1S/C16H24N2O3Si/c1-16(2,3)22(4,5)21-9-8-14-17-12-7-6-11(15(19)20)10-13(12)18-14/h6-7,10H,8-9H2,1-5H3,(H,17,18)(H,19,20). The predicted octanol–water partition coefficient (Wildman–Crippen LogP) is 3.83. The molecule has 0 aliphatic heterocycles. The molecule has 22 heavy (non-hydrogen) atoms. The van der Waals surface area contributed by atoms with Crippen LogP contribution in [-0.2, 0) is 10.8 Å². The molecule has 1 aromatic heterocycles. The summed E-state index contributed by atoms with van der Waals surface area (Å²) in [6.07, 6.45) is 0.698. The minimum absolute atomic E-state index is 0.192. The number of H-pyrrole nitrogens is 1. The van der Waals surface area contributed by atoms with Gasteiger partial charge in [0, 0.05) is 13.0 Å². The molecule has 5 nitrogen and oxygen atoms in total. The van der Waals surface area contributed by atoms with Crippen molar-refractivity contribution in [2.45, 2.75) is 45.3 Å². The highest BCUT2D eigenvalue weighted by atomic mass is 28.4. The number of carbonyl (C=O) groups is 1. The second-order valence-electron chi connectivity index (χ2n) is 7.08. The van der Waals surface area contributed by atoms with E-state index in [1.807, 2.05) is 0 Å². The minimum atomic E-state index is -1.74. The zero-order valence-corrected chi connectivity index (χ0v) is 14.9. The molecule has 0 saturated carbocycles. The third-order valence-electron chi connectivity index (χ3n) is 4.39. The maximum atomic E-state index is 11.0. The molecule has 0 saturated heterocycles. The summed E-state index contributed by atoms with van der Waals surface area (Å²) in [7, 11) is -1.74. The quantitative estimate of drug-likeness (QED) is 0.821. The van der Waals surface area contributed by atoms with Gasteiger partial charge in [-0.2, -0.15) is 0 Å². The normalized spacial score (nSPS) is 12.8. The molecular weight excluding hydrogens is 296 g/mol. The van der Waals surface area contributed by atoms with Crippen molar-refractivity contribution >= 4 is 25.3 Å². The van der Waals surface area contributed by atoms with Crippen molar-refractivity contribution in [2.24, 2.45) is 0 Å². The molecule has 0 atom stereocenters. The molecule has 120 valence electrons. The third-order valence-corrected chi connectivity index (χ3v) is 8.92. The van der Waals surface area contributed by atoms with Crippen LogP contribution in [0.2, 0.25) is 18.1 Å². The largest absolute Gasteiger partial charge is 0.478 e. The number of nitrogens with one attached hydrogen (secondary N) is 1. The van der Waals surface area contributed by atoms with Crippen LogP contribution in [0.3, 0.4) is 0 Å². The number of imidazole rings is 1. The van der Waals surface area contributed by atoms with Crippen LogP contribution in [0.4, 0.5) is 0 Å². The number of aromatic carboxylic acids is 1. The van der Waals surface area contributed by atoms with Crippen LogP contribution >= 0.6 is 0 Å². The SMILES string of the molecule is CC(C)(C)[Si](C)(C)OCCc1nc2ccc(C(=O)O)cc2[nH]1. The summed E-state index contributed by atoms with van der Waals surface area (Å²) in [5.41, 5.74) is 1.80. The second-order valence-corrected chi connectivity index (χ2v) is 11.9. The van der Waals surface area contributed by atoms with Gasteiger partial charge in [-0.25, -0.2) is 9.78 Å². The van der Waals surface area contributed by atoms with E-state index in [0.717, 1.165) is 16.9 Å². The Labute approximate surface area is 131 Å². The van der Waals surface area contributed by atoms with Crippen LogP contribution in [0.15, 0.2) is 18.2 Å².